The molecule has 0 radical (unpaired) electrons. The van der Waals surface area contributed by atoms with Crippen LogP contribution in [0.5, 0.6) is 0 Å². The minimum Gasteiger partial charge on any atom is -0.397 e. The van der Waals surface area contributed by atoms with Crippen molar-refractivity contribution in [3.63, 3.8) is 0 Å². The zero-order chi connectivity index (χ0) is 13.7. The molecule has 0 aliphatic carbocycles. The zero-order valence-electron chi connectivity index (χ0n) is 10.3. The minimum atomic E-state index is -3.56. The molecular weight excluding hydrogens is 262 g/mol. The second-order valence-corrected chi connectivity index (χ2v) is 5.78. The molecule has 0 saturated carbocycles. The Bertz CT molecular complexity index is 625. The minimum absolute atomic E-state index is 0.0187. The summed E-state index contributed by atoms with van der Waals surface area (Å²) in [6, 6.07) is 12.6. The van der Waals surface area contributed by atoms with E-state index in [4.69, 9.17) is 5.73 Å². The smallest absolute Gasteiger partial charge is 0.258 e. The fraction of sp³-hybridized carbons (Fsp3) is 0.154. The quantitative estimate of drug-likeness (QED) is 0.859. The van der Waals surface area contributed by atoms with E-state index in [1.807, 2.05) is 30.3 Å². The molecule has 0 atom stereocenters. The number of hydrogen-bond acceptors (Lipinski definition) is 4. The number of nitrogens with zero attached hydrogens (tertiary/aromatic N) is 1. The molecule has 19 heavy (non-hydrogen) atoms. The normalized spacial score (nSPS) is 11.4. The van der Waals surface area contributed by atoms with E-state index in [0.29, 0.717) is 18.7 Å². The Hall–Kier alpha value is -1.92. The number of pyridine rings is 1. The van der Waals surface area contributed by atoms with Crippen LogP contribution in [0.25, 0.3) is 0 Å². The number of benzene rings is 1. The number of anilines is 1. The first-order chi connectivity index (χ1) is 9.08. The van der Waals surface area contributed by atoms with Gasteiger partial charge >= 0.3 is 0 Å². The lowest BCUT2D eigenvalue weighted by molar-refractivity contribution is 0.578. The number of nitrogens with two attached hydrogens (primary N) is 1. The van der Waals surface area contributed by atoms with E-state index in [1.54, 1.807) is 0 Å². The van der Waals surface area contributed by atoms with Crippen molar-refractivity contribution in [1.29, 1.82) is 0 Å². The lowest BCUT2D eigenvalue weighted by atomic mass is 10.2. The number of sulfonamides is 1. The number of nitrogen functional groups attached to an aromatic ring is 1. The molecule has 1 aromatic heterocycles. The van der Waals surface area contributed by atoms with E-state index in [1.165, 1.54) is 18.3 Å². The fourth-order valence-corrected chi connectivity index (χ4v) is 2.56. The van der Waals surface area contributed by atoms with Crippen molar-refractivity contribution in [3.8, 4) is 0 Å². The standard InChI is InChI=1S/C13H15N3O2S/c14-12-6-7-13(15-10-12)19(17,18)16-9-8-11-4-2-1-3-5-11/h1-7,10,16H,8-9,14H2. The topological polar surface area (TPSA) is 85.1 Å². The summed E-state index contributed by atoms with van der Waals surface area (Å²) in [4.78, 5) is 3.80. The van der Waals surface area contributed by atoms with E-state index in [0.717, 1.165) is 5.56 Å². The number of rotatable bonds is 5. The van der Waals surface area contributed by atoms with Gasteiger partial charge in [-0.25, -0.2) is 18.1 Å². The molecule has 3 N–H and O–H groups in total. The average Bonchev–Trinajstić information content (AvgIpc) is 2.40. The molecule has 6 heteroatoms. The lowest BCUT2D eigenvalue weighted by Crippen LogP contribution is -2.26. The van der Waals surface area contributed by atoms with E-state index >= 15 is 0 Å². The summed E-state index contributed by atoms with van der Waals surface area (Å²) in [5, 5.41) is -0.0187. The Balaban J connectivity index is 1.97. The van der Waals surface area contributed by atoms with Crippen LogP contribution in [0, 0.1) is 0 Å². The summed E-state index contributed by atoms with van der Waals surface area (Å²) in [7, 11) is -3.56. The maximum absolute atomic E-state index is 11.9. The summed E-state index contributed by atoms with van der Waals surface area (Å²) < 4.78 is 26.4. The Morgan fingerprint density at radius 2 is 1.84 bits per heavy atom. The predicted octanol–water partition coefficient (Wildman–Crippen LogP) is 1.18. The van der Waals surface area contributed by atoms with Crippen LogP contribution in [0.15, 0.2) is 53.7 Å². The summed E-state index contributed by atoms with van der Waals surface area (Å²) in [6.45, 7) is 0.332. The molecule has 5 nitrogen and oxygen atoms in total. The molecule has 2 rings (SSSR count). The highest BCUT2D eigenvalue weighted by Crippen LogP contribution is 2.07. The van der Waals surface area contributed by atoms with Crippen LogP contribution in [0.2, 0.25) is 0 Å². The fourth-order valence-electron chi connectivity index (χ4n) is 1.60. The molecule has 0 spiro atoms. The molecule has 0 saturated heterocycles. The SMILES string of the molecule is Nc1ccc(S(=O)(=O)NCCc2ccccc2)nc1. The van der Waals surface area contributed by atoms with Gasteiger partial charge in [0.15, 0.2) is 5.03 Å². The Kier molecular flexibility index (Phi) is 4.13. The number of aromatic nitrogens is 1. The zero-order valence-corrected chi connectivity index (χ0v) is 11.1. The third kappa shape index (κ3) is 3.77. The summed E-state index contributed by atoms with van der Waals surface area (Å²) in [5.74, 6) is 0. The molecule has 0 aliphatic rings. The van der Waals surface area contributed by atoms with Gasteiger partial charge in [-0.15, -0.1) is 0 Å². The van der Waals surface area contributed by atoms with E-state index in [2.05, 4.69) is 9.71 Å². The Labute approximate surface area is 112 Å². The van der Waals surface area contributed by atoms with Crippen molar-refractivity contribution in [2.24, 2.45) is 0 Å². The largest absolute Gasteiger partial charge is 0.397 e. The molecule has 0 fully saturated rings. The first-order valence-electron chi connectivity index (χ1n) is 5.83. The lowest BCUT2D eigenvalue weighted by Gasteiger charge is -2.06. The highest BCUT2D eigenvalue weighted by atomic mass is 32.2. The first-order valence-corrected chi connectivity index (χ1v) is 7.31. The Morgan fingerprint density at radius 1 is 1.11 bits per heavy atom. The van der Waals surface area contributed by atoms with Crippen LogP contribution in [0.3, 0.4) is 0 Å². The molecule has 1 aromatic carbocycles. The second kappa shape index (κ2) is 5.81. The van der Waals surface area contributed by atoms with Gasteiger partial charge < -0.3 is 5.73 Å². The van der Waals surface area contributed by atoms with Crippen LogP contribution in [-0.4, -0.2) is 19.9 Å². The first kappa shape index (κ1) is 13.5. The van der Waals surface area contributed by atoms with Crippen LogP contribution in [0.4, 0.5) is 5.69 Å². The third-order valence-electron chi connectivity index (χ3n) is 2.58. The maximum Gasteiger partial charge on any atom is 0.258 e. The van der Waals surface area contributed by atoms with Gasteiger partial charge in [0.25, 0.3) is 10.0 Å². The monoisotopic (exact) mass is 277 g/mol. The van der Waals surface area contributed by atoms with Gasteiger partial charge in [0.05, 0.1) is 11.9 Å². The van der Waals surface area contributed by atoms with E-state index in [-0.39, 0.29) is 5.03 Å². The van der Waals surface area contributed by atoms with Crippen LogP contribution in [0.1, 0.15) is 5.56 Å². The van der Waals surface area contributed by atoms with Crippen molar-refractivity contribution in [2.75, 3.05) is 12.3 Å². The van der Waals surface area contributed by atoms with Gasteiger partial charge in [-0.05, 0) is 24.1 Å². The van der Waals surface area contributed by atoms with Crippen molar-refractivity contribution in [1.82, 2.24) is 9.71 Å². The Morgan fingerprint density at radius 3 is 2.47 bits per heavy atom. The summed E-state index contributed by atoms with van der Waals surface area (Å²) in [6.07, 6.45) is 1.96. The molecule has 0 unspecified atom stereocenters. The van der Waals surface area contributed by atoms with Crippen molar-refractivity contribution < 1.29 is 8.42 Å². The number of nitrogens with one attached hydrogen (secondary N) is 1. The summed E-state index contributed by atoms with van der Waals surface area (Å²) >= 11 is 0. The van der Waals surface area contributed by atoms with Crippen LogP contribution >= 0.6 is 0 Å². The molecule has 0 bridgehead atoms. The number of hydrogen-bond donors (Lipinski definition) is 2. The molecule has 2 aromatic rings. The summed E-state index contributed by atoms with van der Waals surface area (Å²) in [5.41, 5.74) is 6.98. The maximum atomic E-state index is 11.9. The highest BCUT2D eigenvalue weighted by Gasteiger charge is 2.14. The van der Waals surface area contributed by atoms with Gasteiger partial charge in [0.2, 0.25) is 0 Å². The van der Waals surface area contributed by atoms with Crippen molar-refractivity contribution in [3.05, 3.63) is 54.2 Å². The van der Waals surface area contributed by atoms with E-state index < -0.39 is 10.0 Å². The van der Waals surface area contributed by atoms with E-state index in [9.17, 15) is 8.42 Å². The highest BCUT2D eigenvalue weighted by molar-refractivity contribution is 7.89. The van der Waals surface area contributed by atoms with Crippen molar-refractivity contribution in [2.45, 2.75) is 11.4 Å². The molecular formula is C13H15N3O2S. The molecule has 100 valence electrons. The van der Waals surface area contributed by atoms with Crippen LogP contribution in [-0.2, 0) is 16.4 Å². The predicted molar refractivity (Wildman–Crippen MR) is 74.0 cm³/mol. The second-order valence-electron chi connectivity index (χ2n) is 4.06. The van der Waals surface area contributed by atoms with Crippen molar-refractivity contribution >= 4 is 15.7 Å². The molecule has 0 amide bonds. The van der Waals surface area contributed by atoms with Gasteiger partial charge in [-0.3, -0.25) is 0 Å². The van der Waals surface area contributed by atoms with Gasteiger partial charge in [0, 0.05) is 6.54 Å². The average molecular weight is 277 g/mol. The molecule has 0 aliphatic heterocycles. The van der Waals surface area contributed by atoms with Crippen LogP contribution < -0.4 is 10.5 Å². The van der Waals surface area contributed by atoms with Gasteiger partial charge in [0.1, 0.15) is 0 Å². The van der Waals surface area contributed by atoms with Gasteiger partial charge in [-0.1, -0.05) is 30.3 Å². The molecule has 1 heterocycles. The van der Waals surface area contributed by atoms with Gasteiger partial charge in [-0.2, -0.15) is 0 Å². The third-order valence-corrected chi connectivity index (χ3v) is 3.96.